The molecule has 1 saturated heterocycles. The minimum absolute atomic E-state index is 0.696. The number of aryl methyl sites for hydroxylation is 1. The first-order valence-electron chi connectivity index (χ1n) is 10.3. The molecule has 0 spiro atoms. The maximum absolute atomic E-state index is 6.00. The lowest BCUT2D eigenvalue weighted by molar-refractivity contribution is 0.251. The molecule has 0 radical (unpaired) electrons. The zero-order valence-corrected chi connectivity index (χ0v) is 17.0. The average molecular weight is 384 g/mol. The van der Waals surface area contributed by atoms with E-state index in [1.165, 1.54) is 48.3 Å². The molecule has 27 heavy (non-hydrogen) atoms. The molecule has 0 aromatic heterocycles. The van der Waals surface area contributed by atoms with E-state index < -0.39 is 0 Å². The summed E-state index contributed by atoms with van der Waals surface area (Å²) in [4.78, 5) is 5.09. The maximum atomic E-state index is 6.00. The van der Waals surface area contributed by atoms with Crippen LogP contribution in [0, 0.1) is 6.92 Å². The molecule has 0 aliphatic carbocycles. The summed E-state index contributed by atoms with van der Waals surface area (Å²) >= 11 is 6.00. The number of rotatable bonds is 6. The number of anilines is 2. The number of halogens is 1. The Morgan fingerprint density at radius 1 is 1.00 bits per heavy atom. The van der Waals surface area contributed by atoms with E-state index in [9.17, 15) is 0 Å². The molecule has 0 saturated carbocycles. The van der Waals surface area contributed by atoms with Crippen LogP contribution in [0.25, 0.3) is 0 Å². The van der Waals surface area contributed by atoms with Gasteiger partial charge in [-0.25, -0.2) is 0 Å². The highest BCUT2D eigenvalue weighted by atomic mass is 35.5. The van der Waals surface area contributed by atoms with E-state index in [1.54, 1.807) is 0 Å². The van der Waals surface area contributed by atoms with E-state index in [2.05, 4.69) is 52.4 Å². The number of benzene rings is 2. The Hall–Kier alpha value is -1.71. The van der Waals surface area contributed by atoms with E-state index in [4.69, 9.17) is 11.6 Å². The van der Waals surface area contributed by atoms with Gasteiger partial charge in [0, 0.05) is 55.0 Å². The van der Waals surface area contributed by atoms with E-state index >= 15 is 0 Å². The van der Waals surface area contributed by atoms with E-state index in [0.29, 0.717) is 5.92 Å². The Bertz CT molecular complexity index is 751. The summed E-state index contributed by atoms with van der Waals surface area (Å²) in [6, 6.07) is 15.1. The van der Waals surface area contributed by atoms with Crippen molar-refractivity contribution >= 4 is 23.0 Å². The van der Waals surface area contributed by atoms with Gasteiger partial charge in [0.25, 0.3) is 0 Å². The Kier molecular flexibility index (Phi) is 5.89. The lowest BCUT2D eigenvalue weighted by Crippen LogP contribution is -2.46. The fourth-order valence-corrected chi connectivity index (χ4v) is 4.52. The van der Waals surface area contributed by atoms with Crippen molar-refractivity contribution < 1.29 is 0 Å². The first-order valence-corrected chi connectivity index (χ1v) is 10.6. The molecule has 0 amide bonds. The summed E-state index contributed by atoms with van der Waals surface area (Å²) in [6.07, 6.45) is 3.92. The molecule has 1 N–H and O–H groups in total. The van der Waals surface area contributed by atoms with Crippen molar-refractivity contribution in [2.45, 2.75) is 32.1 Å². The predicted molar refractivity (Wildman–Crippen MR) is 116 cm³/mol. The first-order chi connectivity index (χ1) is 13.2. The van der Waals surface area contributed by atoms with Gasteiger partial charge in [-0.3, -0.25) is 4.90 Å². The fraction of sp³-hybridized carbons (Fsp3) is 0.478. The smallest absolute Gasteiger partial charge is 0.0407 e. The van der Waals surface area contributed by atoms with Gasteiger partial charge in [0.05, 0.1) is 0 Å². The molecular weight excluding hydrogens is 354 g/mol. The van der Waals surface area contributed by atoms with Gasteiger partial charge in [-0.2, -0.15) is 0 Å². The summed E-state index contributed by atoms with van der Waals surface area (Å²) in [7, 11) is 0. The molecule has 2 heterocycles. The Morgan fingerprint density at radius 3 is 2.56 bits per heavy atom. The lowest BCUT2D eigenvalue weighted by atomic mass is 9.94. The molecule has 1 fully saturated rings. The summed E-state index contributed by atoms with van der Waals surface area (Å²) in [5.41, 5.74) is 5.55. The summed E-state index contributed by atoms with van der Waals surface area (Å²) in [5.74, 6) is 0.696. The molecule has 2 aromatic rings. The summed E-state index contributed by atoms with van der Waals surface area (Å²) in [6.45, 7) is 9.08. The minimum Gasteiger partial charge on any atom is -0.384 e. The van der Waals surface area contributed by atoms with E-state index in [-0.39, 0.29) is 0 Å². The van der Waals surface area contributed by atoms with Crippen molar-refractivity contribution in [1.29, 1.82) is 0 Å². The SMILES string of the molecule is Cc1ccc2c(c1)C(CCCCN1CCN(c3ccc(Cl)cc3)CC1)CN2. The van der Waals surface area contributed by atoms with Crippen LogP contribution in [0.3, 0.4) is 0 Å². The highest BCUT2D eigenvalue weighted by molar-refractivity contribution is 6.30. The quantitative estimate of drug-likeness (QED) is 0.696. The van der Waals surface area contributed by atoms with Gasteiger partial charge >= 0.3 is 0 Å². The third-order valence-corrected chi connectivity index (χ3v) is 6.28. The zero-order chi connectivity index (χ0) is 18.6. The van der Waals surface area contributed by atoms with Gasteiger partial charge < -0.3 is 10.2 Å². The molecule has 144 valence electrons. The van der Waals surface area contributed by atoms with Gasteiger partial charge in [0.15, 0.2) is 0 Å². The molecule has 1 atom stereocenters. The van der Waals surface area contributed by atoms with Crippen LogP contribution in [0.4, 0.5) is 11.4 Å². The number of nitrogens with zero attached hydrogens (tertiary/aromatic N) is 2. The van der Waals surface area contributed by atoms with Gasteiger partial charge in [0.2, 0.25) is 0 Å². The molecule has 2 aromatic carbocycles. The molecule has 0 bridgehead atoms. The van der Waals surface area contributed by atoms with Crippen molar-refractivity contribution in [3.63, 3.8) is 0 Å². The van der Waals surface area contributed by atoms with Crippen molar-refractivity contribution in [2.75, 3.05) is 49.5 Å². The van der Waals surface area contributed by atoms with Gasteiger partial charge in [-0.15, -0.1) is 0 Å². The molecule has 4 rings (SSSR count). The number of nitrogens with one attached hydrogen (secondary N) is 1. The van der Waals surface area contributed by atoms with Crippen LogP contribution in [0.2, 0.25) is 5.02 Å². The predicted octanol–water partition coefficient (Wildman–Crippen LogP) is 5.15. The van der Waals surface area contributed by atoms with Crippen molar-refractivity contribution in [2.24, 2.45) is 0 Å². The third kappa shape index (κ3) is 4.59. The Labute approximate surface area is 168 Å². The molecule has 2 aliphatic rings. The van der Waals surface area contributed by atoms with Crippen LogP contribution in [0.5, 0.6) is 0 Å². The normalized spacial score (nSPS) is 19.8. The Balaban J connectivity index is 1.17. The van der Waals surface area contributed by atoms with Crippen molar-refractivity contribution in [3.8, 4) is 0 Å². The number of hydrogen-bond donors (Lipinski definition) is 1. The van der Waals surface area contributed by atoms with E-state index in [1.807, 2.05) is 12.1 Å². The number of hydrogen-bond acceptors (Lipinski definition) is 3. The second kappa shape index (κ2) is 8.53. The van der Waals surface area contributed by atoms with Crippen LogP contribution in [0.1, 0.15) is 36.3 Å². The zero-order valence-electron chi connectivity index (χ0n) is 16.3. The number of piperazine rings is 1. The van der Waals surface area contributed by atoms with Crippen molar-refractivity contribution in [1.82, 2.24) is 4.90 Å². The fourth-order valence-electron chi connectivity index (χ4n) is 4.39. The van der Waals surface area contributed by atoms with Gasteiger partial charge in [-0.1, -0.05) is 35.7 Å². The van der Waals surface area contributed by atoms with Crippen LogP contribution < -0.4 is 10.2 Å². The minimum atomic E-state index is 0.696. The second-order valence-electron chi connectivity index (χ2n) is 7.97. The van der Waals surface area contributed by atoms with Crippen LogP contribution in [-0.2, 0) is 0 Å². The highest BCUT2D eigenvalue weighted by Crippen LogP contribution is 2.35. The van der Waals surface area contributed by atoms with Crippen LogP contribution in [0.15, 0.2) is 42.5 Å². The second-order valence-corrected chi connectivity index (χ2v) is 8.41. The largest absolute Gasteiger partial charge is 0.384 e. The molecule has 4 heteroatoms. The highest BCUT2D eigenvalue weighted by Gasteiger charge is 2.22. The van der Waals surface area contributed by atoms with Gasteiger partial charge in [0.1, 0.15) is 0 Å². The number of fused-ring (bicyclic) bond motifs is 1. The molecule has 2 aliphatic heterocycles. The molecule has 3 nitrogen and oxygen atoms in total. The molecule has 1 unspecified atom stereocenters. The third-order valence-electron chi connectivity index (χ3n) is 6.03. The Morgan fingerprint density at radius 2 is 1.78 bits per heavy atom. The van der Waals surface area contributed by atoms with Crippen molar-refractivity contribution in [3.05, 3.63) is 58.6 Å². The summed E-state index contributed by atoms with van der Waals surface area (Å²) in [5, 5.41) is 4.38. The lowest BCUT2D eigenvalue weighted by Gasteiger charge is -2.36. The maximum Gasteiger partial charge on any atom is 0.0407 e. The first kappa shape index (κ1) is 18.6. The molecular formula is C23H30ClN3. The van der Waals surface area contributed by atoms with Crippen LogP contribution in [-0.4, -0.2) is 44.2 Å². The standard InChI is InChI=1S/C23H30ClN3/c1-18-5-10-23-22(16-18)19(17-25-23)4-2-3-11-26-12-14-27(15-13-26)21-8-6-20(24)7-9-21/h5-10,16,19,25H,2-4,11-15,17H2,1H3. The summed E-state index contributed by atoms with van der Waals surface area (Å²) < 4.78 is 0. The monoisotopic (exact) mass is 383 g/mol. The van der Waals surface area contributed by atoms with Crippen LogP contribution >= 0.6 is 11.6 Å². The average Bonchev–Trinajstić information content (AvgIpc) is 3.08. The van der Waals surface area contributed by atoms with E-state index in [0.717, 1.165) is 37.7 Å². The van der Waals surface area contributed by atoms with Gasteiger partial charge in [-0.05, 0) is 62.2 Å². The number of unbranched alkanes of at least 4 members (excludes halogenated alkanes) is 1. The topological polar surface area (TPSA) is 18.5 Å².